The van der Waals surface area contributed by atoms with Crippen molar-refractivity contribution in [3.63, 3.8) is 0 Å². The van der Waals surface area contributed by atoms with Gasteiger partial charge in [-0.15, -0.1) is 0 Å². The van der Waals surface area contributed by atoms with Crippen molar-refractivity contribution in [1.29, 1.82) is 0 Å². The third-order valence-corrected chi connectivity index (χ3v) is 3.49. The Labute approximate surface area is 148 Å². The molecule has 0 bridgehead atoms. The monoisotopic (exact) mass is 390 g/mol. The summed E-state index contributed by atoms with van der Waals surface area (Å²) in [6.45, 7) is -1.03. The van der Waals surface area contributed by atoms with Crippen molar-refractivity contribution in [3.8, 4) is 0 Å². The van der Waals surface area contributed by atoms with Crippen molar-refractivity contribution in [2.75, 3.05) is 0 Å². The van der Waals surface area contributed by atoms with Crippen LogP contribution in [0.4, 0.5) is 18.9 Å². The van der Waals surface area contributed by atoms with E-state index in [4.69, 9.17) is 16.3 Å². The molecular weight excluding hydrogens is 381 g/mol. The van der Waals surface area contributed by atoms with Crippen molar-refractivity contribution in [3.05, 3.63) is 73.1 Å². The maximum Gasteiger partial charge on any atom is 0.417 e. The van der Waals surface area contributed by atoms with E-state index in [1.165, 1.54) is 24.3 Å². The highest BCUT2D eigenvalue weighted by Crippen LogP contribution is 2.29. The van der Waals surface area contributed by atoms with Gasteiger partial charge in [-0.1, -0.05) is 11.6 Å². The van der Waals surface area contributed by atoms with E-state index in [0.717, 1.165) is 0 Å². The number of benzene rings is 1. The van der Waals surface area contributed by atoms with Gasteiger partial charge in [0.1, 0.15) is 18.2 Å². The molecule has 1 aromatic heterocycles. The Hall–Kier alpha value is -2.88. The molecule has 0 aliphatic rings. The minimum Gasteiger partial charge on any atom is -0.459 e. The fourth-order valence-electron chi connectivity index (χ4n) is 1.93. The summed E-state index contributed by atoms with van der Waals surface area (Å²) < 4.78 is 43.6. The molecule has 2 rings (SSSR count). The largest absolute Gasteiger partial charge is 0.459 e. The van der Waals surface area contributed by atoms with Crippen LogP contribution in [-0.2, 0) is 28.9 Å². The average molecular weight is 391 g/mol. The van der Waals surface area contributed by atoms with Crippen LogP contribution in [0.25, 0.3) is 0 Å². The molecule has 7 nitrogen and oxygen atoms in total. The van der Waals surface area contributed by atoms with Crippen molar-refractivity contribution in [2.45, 2.75) is 19.3 Å². The number of esters is 1. The van der Waals surface area contributed by atoms with E-state index in [1.54, 1.807) is 0 Å². The maximum absolute atomic E-state index is 12.7. The fourth-order valence-corrected chi connectivity index (χ4v) is 2.16. The Balaban J connectivity index is 2.07. The van der Waals surface area contributed by atoms with Crippen molar-refractivity contribution < 1.29 is 27.6 Å². The minimum atomic E-state index is -4.73. The van der Waals surface area contributed by atoms with E-state index in [2.05, 4.69) is 0 Å². The average Bonchev–Trinajstić information content (AvgIpc) is 2.56. The molecule has 0 aliphatic heterocycles. The first-order valence-electron chi connectivity index (χ1n) is 6.94. The molecule has 0 spiro atoms. The second kappa shape index (κ2) is 7.56. The lowest BCUT2D eigenvalue weighted by molar-refractivity contribution is -0.384. The van der Waals surface area contributed by atoms with E-state index in [9.17, 15) is 32.9 Å². The number of non-ortho nitro benzene ring substituents is 1. The van der Waals surface area contributed by atoms with Gasteiger partial charge in [-0.05, 0) is 23.8 Å². The molecule has 0 unspecified atom stereocenters. The van der Waals surface area contributed by atoms with Crippen LogP contribution in [0.15, 0.2) is 41.3 Å². The summed E-state index contributed by atoms with van der Waals surface area (Å²) in [5.41, 5.74) is -1.86. The molecule has 1 aromatic carbocycles. The highest BCUT2D eigenvalue weighted by molar-refractivity contribution is 6.30. The molecule has 2 aromatic rings. The minimum absolute atomic E-state index is 0.148. The zero-order chi connectivity index (χ0) is 19.5. The zero-order valence-corrected chi connectivity index (χ0v) is 13.6. The second-order valence-corrected chi connectivity index (χ2v) is 5.50. The summed E-state index contributed by atoms with van der Waals surface area (Å²) in [4.78, 5) is 33.5. The molecule has 0 N–H and O–H groups in total. The quantitative estimate of drug-likeness (QED) is 0.444. The zero-order valence-electron chi connectivity index (χ0n) is 12.8. The molecule has 11 heteroatoms. The summed E-state index contributed by atoms with van der Waals surface area (Å²) in [6.07, 6.45) is -4.26. The van der Waals surface area contributed by atoms with Crippen LogP contribution in [0.2, 0.25) is 5.02 Å². The molecule has 0 radical (unpaired) electrons. The number of rotatable bonds is 5. The third-order valence-electron chi connectivity index (χ3n) is 3.22. The number of aromatic nitrogens is 1. The summed E-state index contributed by atoms with van der Waals surface area (Å²) in [5, 5.41) is 9.86. The highest BCUT2D eigenvalue weighted by Gasteiger charge is 2.32. The number of nitrogens with zero attached hydrogens (tertiary/aromatic N) is 2. The molecule has 26 heavy (non-hydrogen) atoms. The Kier molecular flexibility index (Phi) is 5.66. The van der Waals surface area contributed by atoms with Gasteiger partial charge in [0.25, 0.3) is 11.2 Å². The second-order valence-electron chi connectivity index (χ2n) is 5.09. The van der Waals surface area contributed by atoms with Gasteiger partial charge < -0.3 is 9.30 Å². The van der Waals surface area contributed by atoms with Crippen LogP contribution >= 0.6 is 11.6 Å². The molecule has 0 saturated heterocycles. The van der Waals surface area contributed by atoms with Gasteiger partial charge in [-0.2, -0.15) is 13.2 Å². The number of nitro benzene ring substituents is 1. The molecular formula is C15H10ClF3N2O5. The Morgan fingerprint density at radius 2 is 1.88 bits per heavy atom. The number of alkyl halides is 3. The molecule has 0 aliphatic carbocycles. The van der Waals surface area contributed by atoms with E-state index in [0.29, 0.717) is 22.4 Å². The van der Waals surface area contributed by atoms with Gasteiger partial charge >= 0.3 is 12.1 Å². The van der Waals surface area contributed by atoms with Gasteiger partial charge in [-0.25, -0.2) is 0 Å². The summed E-state index contributed by atoms with van der Waals surface area (Å²) in [5.74, 6) is -0.971. The lowest BCUT2D eigenvalue weighted by Gasteiger charge is -2.11. The van der Waals surface area contributed by atoms with Crippen LogP contribution in [0.3, 0.4) is 0 Å². The topological polar surface area (TPSA) is 91.4 Å². The Bertz CT molecular complexity index is 894. The number of nitro groups is 1. The van der Waals surface area contributed by atoms with Gasteiger partial charge in [-0.3, -0.25) is 19.7 Å². The smallest absolute Gasteiger partial charge is 0.417 e. The van der Waals surface area contributed by atoms with Gasteiger partial charge in [0.2, 0.25) is 0 Å². The van der Waals surface area contributed by atoms with Gasteiger partial charge in [0.05, 0.1) is 10.5 Å². The number of carbonyl (C=O) groups excluding carboxylic acids is 1. The van der Waals surface area contributed by atoms with E-state index in [1.807, 2.05) is 0 Å². The van der Waals surface area contributed by atoms with Crippen molar-refractivity contribution >= 4 is 23.3 Å². The molecule has 138 valence electrons. The summed E-state index contributed by atoms with van der Waals surface area (Å²) in [7, 11) is 0. The van der Waals surface area contributed by atoms with Crippen molar-refractivity contribution in [2.24, 2.45) is 0 Å². The molecule has 0 fully saturated rings. The van der Waals surface area contributed by atoms with Crippen LogP contribution in [0, 0.1) is 10.1 Å². The molecule has 1 heterocycles. The van der Waals surface area contributed by atoms with Crippen molar-refractivity contribution in [1.82, 2.24) is 4.57 Å². The first-order chi connectivity index (χ1) is 12.1. The van der Waals surface area contributed by atoms with Crippen LogP contribution in [0.1, 0.15) is 11.1 Å². The number of carbonyl (C=O) groups is 1. The standard InChI is InChI=1S/C15H10ClF3N2O5/c16-12-5-10(15(17,18)19)6-20(14(12)23)7-13(22)26-8-9-1-3-11(4-2-9)21(24)25/h1-6H,7-8H2. The van der Waals surface area contributed by atoms with Crippen LogP contribution in [-0.4, -0.2) is 15.5 Å². The lowest BCUT2D eigenvalue weighted by Crippen LogP contribution is -2.27. The first kappa shape index (κ1) is 19.4. The maximum atomic E-state index is 12.7. The summed E-state index contributed by atoms with van der Waals surface area (Å²) >= 11 is 5.48. The van der Waals surface area contributed by atoms with Crippen LogP contribution < -0.4 is 5.56 Å². The number of hydrogen-bond donors (Lipinski definition) is 0. The molecule has 0 amide bonds. The number of hydrogen-bond acceptors (Lipinski definition) is 5. The van der Waals surface area contributed by atoms with Gasteiger partial charge in [0.15, 0.2) is 0 Å². The predicted molar refractivity (Wildman–Crippen MR) is 83.6 cm³/mol. The first-order valence-corrected chi connectivity index (χ1v) is 7.32. The fraction of sp³-hybridized carbons (Fsp3) is 0.200. The highest BCUT2D eigenvalue weighted by atomic mass is 35.5. The number of halogens is 4. The third kappa shape index (κ3) is 4.82. The number of pyridine rings is 1. The van der Waals surface area contributed by atoms with E-state index in [-0.39, 0.29) is 12.3 Å². The summed E-state index contributed by atoms with van der Waals surface area (Å²) in [6, 6.07) is 5.61. The Morgan fingerprint density at radius 1 is 1.27 bits per heavy atom. The Morgan fingerprint density at radius 3 is 2.42 bits per heavy atom. The van der Waals surface area contributed by atoms with E-state index < -0.39 is 39.8 Å². The molecule has 0 atom stereocenters. The lowest BCUT2D eigenvalue weighted by atomic mass is 10.2. The SMILES string of the molecule is O=C(Cn1cc(C(F)(F)F)cc(Cl)c1=O)OCc1ccc([N+](=O)[O-])cc1. The predicted octanol–water partition coefficient (Wildman–Crippen LogP) is 3.17. The van der Waals surface area contributed by atoms with E-state index >= 15 is 0 Å². The number of ether oxygens (including phenoxy) is 1. The van der Waals surface area contributed by atoms with Gasteiger partial charge in [0, 0.05) is 18.3 Å². The van der Waals surface area contributed by atoms with Crippen LogP contribution in [0.5, 0.6) is 0 Å². The molecule has 0 saturated carbocycles. The normalized spacial score (nSPS) is 11.2.